The van der Waals surface area contributed by atoms with Crippen molar-refractivity contribution in [3.63, 3.8) is 0 Å². The van der Waals surface area contributed by atoms with E-state index in [4.69, 9.17) is 4.74 Å². The second-order valence-electron chi connectivity index (χ2n) is 5.77. The van der Waals surface area contributed by atoms with Crippen LogP contribution < -0.4 is 5.32 Å². The summed E-state index contributed by atoms with van der Waals surface area (Å²) in [4.78, 5) is 23.4. The fraction of sp³-hybridized carbons (Fsp3) is 0.857. The van der Waals surface area contributed by atoms with Crippen LogP contribution in [0.25, 0.3) is 0 Å². The number of ether oxygens (including phenoxy) is 1. The van der Waals surface area contributed by atoms with Crippen molar-refractivity contribution in [1.29, 1.82) is 0 Å². The summed E-state index contributed by atoms with van der Waals surface area (Å²) < 4.78 is 5.26. The Hall–Kier alpha value is -1.10. The maximum atomic E-state index is 12.2. The Bertz CT molecular complexity index is 338. The van der Waals surface area contributed by atoms with Gasteiger partial charge in [0.15, 0.2) is 0 Å². The Kier molecular flexibility index (Phi) is 4.80. The molecule has 2 aliphatic rings. The second kappa shape index (κ2) is 6.37. The van der Waals surface area contributed by atoms with Gasteiger partial charge in [-0.1, -0.05) is 13.3 Å². The number of carbonyl (C=O) groups is 2. The predicted molar refractivity (Wildman–Crippen MR) is 69.6 cm³/mol. The number of carboxylic acid groups (broad SMARTS) is 1. The van der Waals surface area contributed by atoms with E-state index < -0.39 is 11.9 Å². The Labute approximate surface area is 113 Å². The van der Waals surface area contributed by atoms with Crippen molar-refractivity contribution in [3.05, 3.63) is 0 Å². The van der Waals surface area contributed by atoms with Crippen LogP contribution in [0.4, 0.5) is 0 Å². The number of rotatable bonds is 5. The van der Waals surface area contributed by atoms with Crippen LogP contribution >= 0.6 is 0 Å². The third-order valence-electron chi connectivity index (χ3n) is 4.48. The topological polar surface area (TPSA) is 75.6 Å². The fourth-order valence-corrected chi connectivity index (χ4v) is 3.16. The van der Waals surface area contributed by atoms with Gasteiger partial charge in [0.05, 0.1) is 18.4 Å². The minimum atomic E-state index is -0.833. The molecule has 1 heterocycles. The van der Waals surface area contributed by atoms with Gasteiger partial charge in [0.25, 0.3) is 0 Å². The maximum absolute atomic E-state index is 12.2. The zero-order valence-corrected chi connectivity index (χ0v) is 11.4. The van der Waals surface area contributed by atoms with Crippen molar-refractivity contribution in [2.24, 2.45) is 23.7 Å². The third-order valence-corrected chi connectivity index (χ3v) is 4.48. The SMILES string of the molecule is CCC1C[C@H](C(=O)NCC2CCOC2)[C@H](C(=O)O)C1. The van der Waals surface area contributed by atoms with E-state index in [1.807, 2.05) is 0 Å². The van der Waals surface area contributed by atoms with Crippen LogP contribution in [0.15, 0.2) is 0 Å². The highest BCUT2D eigenvalue weighted by Crippen LogP contribution is 2.38. The predicted octanol–water partition coefficient (Wildman–Crippen LogP) is 1.28. The molecule has 5 nitrogen and oxygen atoms in total. The zero-order chi connectivity index (χ0) is 13.8. The molecule has 19 heavy (non-hydrogen) atoms. The maximum Gasteiger partial charge on any atom is 0.307 e. The Morgan fingerprint density at radius 2 is 2.00 bits per heavy atom. The van der Waals surface area contributed by atoms with Crippen molar-refractivity contribution >= 4 is 11.9 Å². The Morgan fingerprint density at radius 3 is 2.58 bits per heavy atom. The summed E-state index contributed by atoms with van der Waals surface area (Å²) in [6, 6.07) is 0. The molecule has 2 rings (SSSR count). The van der Waals surface area contributed by atoms with Crippen molar-refractivity contribution in [3.8, 4) is 0 Å². The largest absolute Gasteiger partial charge is 0.481 e. The van der Waals surface area contributed by atoms with Crippen LogP contribution in [0.3, 0.4) is 0 Å². The number of aliphatic carboxylic acids is 1. The molecule has 2 fully saturated rings. The quantitative estimate of drug-likeness (QED) is 0.788. The van der Waals surface area contributed by atoms with Crippen LogP contribution in [-0.4, -0.2) is 36.7 Å². The summed E-state index contributed by atoms with van der Waals surface area (Å²) in [5.74, 6) is -1.03. The smallest absolute Gasteiger partial charge is 0.307 e. The molecule has 1 saturated carbocycles. The lowest BCUT2D eigenvalue weighted by Gasteiger charge is -2.17. The van der Waals surface area contributed by atoms with Crippen molar-refractivity contribution in [2.45, 2.75) is 32.6 Å². The van der Waals surface area contributed by atoms with Gasteiger partial charge in [-0.25, -0.2) is 0 Å². The van der Waals surface area contributed by atoms with Crippen molar-refractivity contribution < 1.29 is 19.4 Å². The van der Waals surface area contributed by atoms with E-state index in [0.717, 1.165) is 19.4 Å². The van der Waals surface area contributed by atoms with E-state index in [0.29, 0.717) is 37.8 Å². The minimum Gasteiger partial charge on any atom is -0.481 e. The van der Waals surface area contributed by atoms with Crippen molar-refractivity contribution in [1.82, 2.24) is 5.32 Å². The summed E-state index contributed by atoms with van der Waals surface area (Å²) in [6.45, 7) is 4.13. The molecule has 0 bridgehead atoms. The summed E-state index contributed by atoms with van der Waals surface area (Å²) in [5, 5.41) is 12.1. The molecule has 0 aromatic heterocycles. The van der Waals surface area contributed by atoms with E-state index >= 15 is 0 Å². The van der Waals surface area contributed by atoms with Crippen LogP contribution in [0.1, 0.15) is 32.6 Å². The summed E-state index contributed by atoms with van der Waals surface area (Å²) in [5.41, 5.74) is 0. The Morgan fingerprint density at radius 1 is 1.26 bits per heavy atom. The van der Waals surface area contributed by atoms with E-state index in [-0.39, 0.29) is 11.8 Å². The highest BCUT2D eigenvalue weighted by molar-refractivity contribution is 5.85. The number of amides is 1. The average molecular weight is 269 g/mol. The highest BCUT2D eigenvalue weighted by atomic mass is 16.5. The monoisotopic (exact) mass is 269 g/mol. The van der Waals surface area contributed by atoms with Gasteiger partial charge in [-0.05, 0) is 25.2 Å². The number of carbonyl (C=O) groups excluding carboxylic acids is 1. The highest BCUT2D eigenvalue weighted by Gasteiger charge is 2.42. The lowest BCUT2D eigenvalue weighted by Crippen LogP contribution is -2.37. The number of nitrogens with one attached hydrogen (secondary N) is 1. The average Bonchev–Trinajstić information content (AvgIpc) is 3.04. The molecule has 0 aromatic rings. The van der Waals surface area contributed by atoms with E-state index in [1.165, 1.54) is 0 Å². The second-order valence-corrected chi connectivity index (χ2v) is 5.77. The first-order valence-corrected chi connectivity index (χ1v) is 7.20. The molecule has 1 aliphatic carbocycles. The van der Waals surface area contributed by atoms with Crippen LogP contribution in [0, 0.1) is 23.7 Å². The first-order chi connectivity index (χ1) is 9.11. The molecular formula is C14H23NO4. The standard InChI is InChI=1S/C14H23NO4/c1-2-9-5-11(12(6-9)14(17)18)13(16)15-7-10-3-4-19-8-10/h9-12H,2-8H2,1H3,(H,15,16)(H,17,18)/t9?,10?,11-,12+/m0/s1. The number of hydrogen-bond donors (Lipinski definition) is 2. The van der Waals surface area contributed by atoms with Crippen LogP contribution in [0.5, 0.6) is 0 Å². The van der Waals surface area contributed by atoms with Gasteiger partial charge in [0, 0.05) is 19.1 Å². The molecule has 1 saturated heterocycles. The normalized spacial score (nSPS) is 34.4. The summed E-state index contributed by atoms with van der Waals surface area (Å²) in [7, 11) is 0. The molecule has 2 N–H and O–H groups in total. The molecule has 0 spiro atoms. The van der Waals surface area contributed by atoms with Crippen molar-refractivity contribution in [2.75, 3.05) is 19.8 Å². The lowest BCUT2D eigenvalue weighted by atomic mass is 9.95. The molecule has 1 amide bonds. The van der Waals surface area contributed by atoms with Gasteiger partial charge in [-0.2, -0.15) is 0 Å². The van der Waals surface area contributed by atoms with Gasteiger partial charge in [0.2, 0.25) is 5.91 Å². The first kappa shape index (κ1) is 14.3. The first-order valence-electron chi connectivity index (χ1n) is 7.20. The van der Waals surface area contributed by atoms with E-state index in [9.17, 15) is 14.7 Å². The lowest BCUT2D eigenvalue weighted by molar-refractivity contribution is -0.146. The van der Waals surface area contributed by atoms with E-state index in [2.05, 4.69) is 12.2 Å². The molecule has 2 unspecified atom stereocenters. The van der Waals surface area contributed by atoms with Gasteiger partial charge in [-0.3, -0.25) is 9.59 Å². The van der Waals surface area contributed by atoms with Gasteiger partial charge in [-0.15, -0.1) is 0 Å². The van der Waals surface area contributed by atoms with E-state index in [1.54, 1.807) is 0 Å². The molecule has 0 radical (unpaired) electrons. The molecule has 0 aromatic carbocycles. The third kappa shape index (κ3) is 3.47. The van der Waals surface area contributed by atoms with Crippen LogP contribution in [0.2, 0.25) is 0 Å². The Balaban J connectivity index is 1.87. The fourth-order valence-electron chi connectivity index (χ4n) is 3.16. The van der Waals surface area contributed by atoms with Crippen LogP contribution in [-0.2, 0) is 14.3 Å². The minimum absolute atomic E-state index is 0.0877. The molecule has 1 aliphatic heterocycles. The number of carboxylic acids is 1. The molecule has 5 heteroatoms. The zero-order valence-electron chi connectivity index (χ0n) is 11.4. The molecular weight excluding hydrogens is 246 g/mol. The van der Waals surface area contributed by atoms with Gasteiger partial charge >= 0.3 is 5.97 Å². The van der Waals surface area contributed by atoms with Gasteiger partial charge < -0.3 is 15.2 Å². The summed E-state index contributed by atoms with van der Waals surface area (Å²) in [6.07, 6.45) is 3.27. The summed E-state index contributed by atoms with van der Waals surface area (Å²) >= 11 is 0. The van der Waals surface area contributed by atoms with Gasteiger partial charge in [0.1, 0.15) is 0 Å². The molecule has 108 valence electrons. The number of hydrogen-bond acceptors (Lipinski definition) is 3. The molecule has 4 atom stereocenters.